The second-order valence-corrected chi connectivity index (χ2v) is 6.80. The molecule has 1 N–H and O–H groups in total. The molecule has 1 amide bonds. The monoisotopic (exact) mass is 360 g/mol. The first-order valence-corrected chi connectivity index (χ1v) is 9.14. The third-order valence-electron chi connectivity index (χ3n) is 3.14. The number of aromatic nitrogens is 3. The molecule has 0 fully saturated rings. The summed E-state index contributed by atoms with van der Waals surface area (Å²) < 4.78 is 7.26. The first-order chi connectivity index (χ1) is 11.8. The van der Waals surface area contributed by atoms with E-state index in [2.05, 4.69) is 22.1 Å². The Morgan fingerprint density at radius 1 is 1.42 bits per heavy atom. The summed E-state index contributed by atoms with van der Waals surface area (Å²) in [5.74, 6) is 1.50. The zero-order chi connectivity index (χ0) is 16.8. The van der Waals surface area contributed by atoms with Crippen LogP contribution in [0.25, 0.3) is 11.6 Å². The second kappa shape index (κ2) is 7.98. The van der Waals surface area contributed by atoms with E-state index in [1.54, 1.807) is 29.7 Å². The summed E-state index contributed by atoms with van der Waals surface area (Å²) in [5.41, 5.74) is 0. The van der Waals surface area contributed by atoms with Crippen molar-refractivity contribution < 1.29 is 9.21 Å². The number of carbonyl (C=O) groups excluding carboxylic acids is 1. The van der Waals surface area contributed by atoms with E-state index in [1.165, 1.54) is 11.8 Å². The summed E-state index contributed by atoms with van der Waals surface area (Å²) in [7, 11) is 0. The summed E-state index contributed by atoms with van der Waals surface area (Å²) in [6.07, 6.45) is 3.35. The van der Waals surface area contributed by atoms with Gasteiger partial charge >= 0.3 is 0 Å². The van der Waals surface area contributed by atoms with Gasteiger partial charge in [0.2, 0.25) is 11.7 Å². The average Bonchev–Trinajstić information content (AvgIpc) is 3.32. The quantitative estimate of drug-likeness (QED) is 0.493. The Morgan fingerprint density at radius 2 is 2.33 bits per heavy atom. The van der Waals surface area contributed by atoms with Crippen LogP contribution >= 0.6 is 23.1 Å². The Balaban J connectivity index is 1.62. The lowest BCUT2D eigenvalue weighted by Crippen LogP contribution is -2.24. The lowest BCUT2D eigenvalue weighted by Gasteiger charge is -2.06. The van der Waals surface area contributed by atoms with E-state index in [4.69, 9.17) is 4.42 Å². The minimum absolute atomic E-state index is 0.0406. The van der Waals surface area contributed by atoms with Crippen molar-refractivity contribution in [2.75, 3.05) is 5.75 Å². The van der Waals surface area contributed by atoms with Crippen LogP contribution in [0.4, 0.5) is 0 Å². The van der Waals surface area contributed by atoms with Crippen molar-refractivity contribution in [1.29, 1.82) is 0 Å². The normalized spacial score (nSPS) is 10.7. The molecule has 8 heteroatoms. The predicted octanol–water partition coefficient (Wildman–Crippen LogP) is 3.19. The highest BCUT2D eigenvalue weighted by molar-refractivity contribution is 7.99. The van der Waals surface area contributed by atoms with Gasteiger partial charge in [0, 0.05) is 11.4 Å². The van der Waals surface area contributed by atoms with E-state index >= 15 is 0 Å². The predicted molar refractivity (Wildman–Crippen MR) is 94.8 cm³/mol. The van der Waals surface area contributed by atoms with Crippen LogP contribution in [0.1, 0.15) is 4.88 Å². The zero-order valence-electron chi connectivity index (χ0n) is 12.8. The zero-order valence-corrected chi connectivity index (χ0v) is 14.5. The fraction of sp³-hybridized carbons (Fsp3) is 0.188. The summed E-state index contributed by atoms with van der Waals surface area (Å²) in [4.78, 5) is 13.1. The highest BCUT2D eigenvalue weighted by Gasteiger charge is 2.16. The van der Waals surface area contributed by atoms with Crippen molar-refractivity contribution >= 4 is 29.0 Å². The first-order valence-electron chi connectivity index (χ1n) is 7.28. The number of amides is 1. The van der Waals surface area contributed by atoms with Crippen molar-refractivity contribution in [2.45, 2.75) is 18.2 Å². The number of hydrogen-bond donors (Lipinski definition) is 1. The summed E-state index contributed by atoms with van der Waals surface area (Å²) >= 11 is 2.96. The van der Waals surface area contributed by atoms with Gasteiger partial charge in [-0.25, -0.2) is 0 Å². The maximum absolute atomic E-state index is 12.0. The number of thiophene rings is 1. The maximum atomic E-state index is 12.0. The van der Waals surface area contributed by atoms with Gasteiger partial charge in [-0.1, -0.05) is 23.9 Å². The second-order valence-electron chi connectivity index (χ2n) is 4.83. The molecule has 3 heterocycles. The Labute approximate surface area is 147 Å². The van der Waals surface area contributed by atoms with Crippen LogP contribution in [-0.2, 0) is 17.9 Å². The Morgan fingerprint density at radius 3 is 3.04 bits per heavy atom. The number of furan rings is 1. The molecule has 0 spiro atoms. The molecule has 0 saturated carbocycles. The Bertz CT molecular complexity index is 794. The number of allylic oxidation sites excluding steroid dienone is 1. The number of nitrogens with zero attached hydrogens (tertiary/aromatic N) is 3. The molecular weight excluding hydrogens is 344 g/mol. The molecule has 0 radical (unpaired) electrons. The fourth-order valence-electron chi connectivity index (χ4n) is 2.06. The van der Waals surface area contributed by atoms with Gasteiger partial charge < -0.3 is 9.73 Å². The Hall–Kier alpha value is -2.32. The molecule has 0 aliphatic carbocycles. The largest absolute Gasteiger partial charge is 0.461 e. The van der Waals surface area contributed by atoms with Gasteiger partial charge in [0.15, 0.2) is 10.9 Å². The summed E-state index contributed by atoms with van der Waals surface area (Å²) in [5, 5.41) is 13.9. The van der Waals surface area contributed by atoms with E-state index in [-0.39, 0.29) is 11.7 Å². The molecule has 6 nitrogen and oxygen atoms in total. The van der Waals surface area contributed by atoms with E-state index in [0.717, 1.165) is 4.88 Å². The van der Waals surface area contributed by atoms with Gasteiger partial charge in [-0.2, -0.15) is 0 Å². The van der Waals surface area contributed by atoms with Crippen LogP contribution in [0.3, 0.4) is 0 Å². The van der Waals surface area contributed by atoms with E-state index in [1.807, 2.05) is 28.1 Å². The van der Waals surface area contributed by atoms with E-state index in [9.17, 15) is 4.79 Å². The molecule has 0 atom stereocenters. The van der Waals surface area contributed by atoms with Gasteiger partial charge in [0.25, 0.3) is 0 Å². The number of hydrogen-bond acceptors (Lipinski definition) is 6. The molecule has 0 bridgehead atoms. The maximum Gasteiger partial charge on any atom is 0.230 e. The summed E-state index contributed by atoms with van der Waals surface area (Å²) in [6.45, 7) is 4.85. The molecule has 0 aliphatic rings. The van der Waals surface area contributed by atoms with Crippen molar-refractivity contribution in [3.63, 3.8) is 0 Å². The number of rotatable bonds is 8. The van der Waals surface area contributed by atoms with E-state index in [0.29, 0.717) is 29.8 Å². The van der Waals surface area contributed by atoms with Gasteiger partial charge in [0.05, 0.1) is 18.6 Å². The topological polar surface area (TPSA) is 73.0 Å². The van der Waals surface area contributed by atoms with Crippen molar-refractivity contribution in [3.8, 4) is 11.6 Å². The van der Waals surface area contributed by atoms with Crippen molar-refractivity contribution in [2.24, 2.45) is 0 Å². The van der Waals surface area contributed by atoms with Gasteiger partial charge in [-0.15, -0.1) is 28.1 Å². The molecule has 3 aromatic rings. The van der Waals surface area contributed by atoms with Gasteiger partial charge in [0.1, 0.15) is 0 Å². The molecule has 0 aromatic carbocycles. The molecule has 0 saturated heterocycles. The van der Waals surface area contributed by atoms with Crippen LogP contribution < -0.4 is 5.32 Å². The molecule has 0 aliphatic heterocycles. The SMILES string of the molecule is C=CCn1c(SCC(=O)NCc2cccs2)nnc1-c1ccco1. The third kappa shape index (κ3) is 3.95. The summed E-state index contributed by atoms with van der Waals surface area (Å²) in [6, 6.07) is 7.59. The molecule has 24 heavy (non-hydrogen) atoms. The van der Waals surface area contributed by atoms with Crippen LogP contribution in [0.5, 0.6) is 0 Å². The van der Waals surface area contributed by atoms with Gasteiger partial charge in [-0.3, -0.25) is 9.36 Å². The molecule has 124 valence electrons. The number of thioether (sulfide) groups is 1. The minimum atomic E-state index is -0.0406. The third-order valence-corrected chi connectivity index (χ3v) is 4.99. The highest BCUT2D eigenvalue weighted by Crippen LogP contribution is 2.24. The molecular formula is C16H16N4O2S2. The lowest BCUT2D eigenvalue weighted by molar-refractivity contribution is -0.118. The number of carbonyl (C=O) groups is 1. The Kier molecular flexibility index (Phi) is 5.50. The molecule has 3 rings (SSSR count). The van der Waals surface area contributed by atoms with Crippen LogP contribution in [-0.4, -0.2) is 26.4 Å². The first kappa shape index (κ1) is 16.5. The van der Waals surface area contributed by atoms with Crippen LogP contribution in [0.15, 0.2) is 58.1 Å². The smallest absolute Gasteiger partial charge is 0.230 e. The highest BCUT2D eigenvalue weighted by atomic mass is 32.2. The molecule has 3 aromatic heterocycles. The van der Waals surface area contributed by atoms with Crippen LogP contribution in [0.2, 0.25) is 0 Å². The van der Waals surface area contributed by atoms with Crippen molar-refractivity contribution in [3.05, 3.63) is 53.4 Å². The lowest BCUT2D eigenvalue weighted by atomic mass is 10.4. The standard InChI is InChI=1S/C16H16N4O2S2/c1-2-7-20-15(13-6-3-8-22-13)18-19-16(20)24-11-14(21)17-10-12-5-4-9-23-12/h2-6,8-9H,1,7,10-11H2,(H,17,21). The minimum Gasteiger partial charge on any atom is -0.461 e. The average molecular weight is 360 g/mol. The van der Waals surface area contributed by atoms with Crippen molar-refractivity contribution in [1.82, 2.24) is 20.1 Å². The van der Waals surface area contributed by atoms with Crippen LogP contribution in [0, 0.1) is 0 Å². The van der Waals surface area contributed by atoms with E-state index < -0.39 is 0 Å². The fourth-order valence-corrected chi connectivity index (χ4v) is 3.48. The number of nitrogens with one attached hydrogen (secondary N) is 1. The molecule has 0 unspecified atom stereocenters. The van der Waals surface area contributed by atoms with Gasteiger partial charge in [-0.05, 0) is 23.6 Å².